The van der Waals surface area contributed by atoms with Crippen molar-refractivity contribution in [3.8, 4) is 12.3 Å². The number of carbonyl (C=O) groups is 1. The van der Waals surface area contributed by atoms with Gasteiger partial charge in [-0.2, -0.15) is 0 Å². The molecule has 2 unspecified atom stereocenters. The molecule has 0 radical (unpaired) electrons. The van der Waals surface area contributed by atoms with Crippen LogP contribution in [0.3, 0.4) is 0 Å². The lowest BCUT2D eigenvalue weighted by molar-refractivity contribution is -0.123. The summed E-state index contributed by atoms with van der Waals surface area (Å²) < 4.78 is 4.83. The van der Waals surface area contributed by atoms with E-state index in [2.05, 4.69) is 16.6 Å². The monoisotopic (exact) mass is 212 g/mol. The average molecular weight is 212 g/mol. The van der Waals surface area contributed by atoms with Crippen LogP contribution in [0.25, 0.3) is 0 Å². The third-order valence-corrected chi connectivity index (χ3v) is 1.96. The van der Waals surface area contributed by atoms with Gasteiger partial charge in [-0.15, -0.1) is 12.3 Å². The first kappa shape index (κ1) is 13.9. The van der Waals surface area contributed by atoms with E-state index in [1.165, 1.54) is 0 Å². The minimum absolute atomic E-state index is 0.0316. The van der Waals surface area contributed by atoms with E-state index in [0.29, 0.717) is 19.6 Å². The Morgan fingerprint density at radius 3 is 2.73 bits per heavy atom. The number of methoxy groups -OCH3 is 1. The lowest BCUT2D eigenvalue weighted by Gasteiger charge is -2.17. The molecule has 4 nitrogen and oxygen atoms in total. The Kier molecular flexibility index (Phi) is 7.69. The second-order valence-corrected chi connectivity index (χ2v) is 3.48. The highest BCUT2D eigenvalue weighted by molar-refractivity contribution is 5.81. The molecule has 0 fully saturated rings. The van der Waals surface area contributed by atoms with Gasteiger partial charge in [-0.25, -0.2) is 0 Å². The van der Waals surface area contributed by atoms with Crippen molar-refractivity contribution in [2.24, 2.45) is 0 Å². The zero-order valence-corrected chi connectivity index (χ0v) is 9.67. The molecule has 0 saturated heterocycles. The van der Waals surface area contributed by atoms with E-state index in [9.17, 15) is 4.79 Å². The van der Waals surface area contributed by atoms with Crippen molar-refractivity contribution >= 4 is 5.91 Å². The molecule has 2 N–H and O–H groups in total. The van der Waals surface area contributed by atoms with Gasteiger partial charge in [0.2, 0.25) is 5.91 Å². The summed E-state index contributed by atoms with van der Waals surface area (Å²) in [4.78, 5) is 11.5. The number of hydrogen-bond donors (Lipinski definition) is 2. The minimum Gasteiger partial charge on any atom is -0.383 e. The molecular weight excluding hydrogens is 192 g/mol. The van der Waals surface area contributed by atoms with Gasteiger partial charge < -0.3 is 15.4 Å². The van der Waals surface area contributed by atoms with Crippen molar-refractivity contribution in [1.82, 2.24) is 10.6 Å². The van der Waals surface area contributed by atoms with Crippen LogP contribution in [0.4, 0.5) is 0 Å². The normalized spacial score (nSPS) is 14.0. The number of ether oxygens (including phenoxy) is 1. The highest BCUT2D eigenvalue weighted by Crippen LogP contribution is 1.91. The van der Waals surface area contributed by atoms with Gasteiger partial charge in [0.1, 0.15) is 0 Å². The van der Waals surface area contributed by atoms with Crippen molar-refractivity contribution in [3.63, 3.8) is 0 Å². The van der Waals surface area contributed by atoms with Crippen LogP contribution in [0, 0.1) is 12.3 Å². The van der Waals surface area contributed by atoms with Crippen LogP contribution in [0.1, 0.15) is 20.3 Å². The Hall–Kier alpha value is -1.05. The molecule has 15 heavy (non-hydrogen) atoms. The first-order chi connectivity index (χ1) is 7.11. The number of carbonyl (C=O) groups excluding carboxylic acids is 1. The van der Waals surface area contributed by atoms with Crippen LogP contribution in [0.15, 0.2) is 0 Å². The molecule has 0 aliphatic carbocycles. The summed E-state index contributed by atoms with van der Waals surface area (Å²) in [5.74, 6) is 2.52. The van der Waals surface area contributed by atoms with Gasteiger partial charge >= 0.3 is 0 Å². The quantitative estimate of drug-likeness (QED) is 0.466. The predicted octanol–water partition coefficient (Wildman–Crippen LogP) is 0.139. The second kappa shape index (κ2) is 8.27. The average Bonchev–Trinajstić information content (AvgIpc) is 2.18. The number of terminal acetylenes is 1. The van der Waals surface area contributed by atoms with E-state index in [0.717, 1.165) is 0 Å². The maximum atomic E-state index is 11.5. The van der Waals surface area contributed by atoms with Gasteiger partial charge in [0, 0.05) is 26.1 Å². The molecule has 0 aromatic heterocycles. The van der Waals surface area contributed by atoms with Crippen molar-refractivity contribution < 1.29 is 9.53 Å². The Morgan fingerprint density at radius 2 is 2.20 bits per heavy atom. The van der Waals surface area contributed by atoms with Crippen molar-refractivity contribution in [1.29, 1.82) is 0 Å². The molecule has 0 aromatic rings. The van der Waals surface area contributed by atoms with Gasteiger partial charge in [-0.3, -0.25) is 4.79 Å². The van der Waals surface area contributed by atoms with Crippen LogP contribution in [-0.2, 0) is 9.53 Å². The lowest BCUT2D eigenvalue weighted by atomic mass is 10.2. The highest BCUT2D eigenvalue weighted by Gasteiger charge is 2.13. The van der Waals surface area contributed by atoms with Gasteiger partial charge in [0.15, 0.2) is 0 Å². The van der Waals surface area contributed by atoms with E-state index in [4.69, 9.17) is 11.2 Å². The summed E-state index contributed by atoms with van der Waals surface area (Å²) in [6, 6.07) is -0.0802. The van der Waals surface area contributed by atoms with Crippen LogP contribution < -0.4 is 10.6 Å². The lowest BCUT2D eigenvalue weighted by Crippen LogP contribution is -2.46. The summed E-state index contributed by atoms with van der Waals surface area (Å²) in [7, 11) is 1.60. The van der Waals surface area contributed by atoms with E-state index in [1.807, 2.05) is 13.8 Å². The van der Waals surface area contributed by atoms with Crippen LogP contribution in [0.2, 0.25) is 0 Å². The van der Waals surface area contributed by atoms with Crippen LogP contribution in [-0.4, -0.2) is 38.3 Å². The molecule has 1 amide bonds. The molecule has 0 spiro atoms. The molecule has 86 valence electrons. The standard InChI is InChI=1S/C11H20N2O2/c1-5-6-9(2)13-10(3)11(14)12-7-8-15-4/h1,9-10,13H,6-8H2,2-4H3,(H,12,14). The first-order valence-electron chi connectivity index (χ1n) is 5.08. The summed E-state index contributed by atoms with van der Waals surface area (Å²) in [5, 5.41) is 5.86. The highest BCUT2D eigenvalue weighted by atomic mass is 16.5. The molecule has 0 aliphatic rings. The third kappa shape index (κ3) is 6.95. The molecule has 0 heterocycles. The third-order valence-electron chi connectivity index (χ3n) is 1.96. The zero-order valence-electron chi connectivity index (χ0n) is 9.67. The van der Waals surface area contributed by atoms with E-state index >= 15 is 0 Å². The largest absolute Gasteiger partial charge is 0.383 e. The Labute approximate surface area is 91.8 Å². The van der Waals surface area contributed by atoms with Crippen molar-refractivity contribution in [2.75, 3.05) is 20.3 Å². The first-order valence-corrected chi connectivity index (χ1v) is 5.08. The Bertz CT molecular complexity index is 223. The predicted molar refractivity (Wildman–Crippen MR) is 60.4 cm³/mol. The smallest absolute Gasteiger partial charge is 0.236 e. The van der Waals surface area contributed by atoms with Gasteiger partial charge in [0.05, 0.1) is 12.6 Å². The molecule has 4 heteroatoms. The summed E-state index contributed by atoms with van der Waals surface area (Å²) in [6.45, 7) is 4.83. The fourth-order valence-electron chi connectivity index (χ4n) is 1.17. The van der Waals surface area contributed by atoms with Crippen LogP contribution >= 0.6 is 0 Å². The molecule has 0 rings (SSSR count). The number of hydrogen-bond acceptors (Lipinski definition) is 3. The summed E-state index contributed by atoms with van der Waals surface area (Å²) in [6.07, 6.45) is 5.79. The number of rotatable bonds is 7. The molecule has 0 bridgehead atoms. The molecular formula is C11H20N2O2. The van der Waals surface area contributed by atoms with Gasteiger partial charge in [-0.1, -0.05) is 0 Å². The molecule has 2 atom stereocenters. The van der Waals surface area contributed by atoms with Crippen molar-refractivity contribution in [2.45, 2.75) is 32.4 Å². The maximum Gasteiger partial charge on any atom is 0.236 e. The maximum absolute atomic E-state index is 11.5. The fourth-order valence-corrected chi connectivity index (χ4v) is 1.17. The van der Waals surface area contributed by atoms with E-state index < -0.39 is 0 Å². The van der Waals surface area contributed by atoms with Crippen molar-refractivity contribution in [3.05, 3.63) is 0 Å². The van der Waals surface area contributed by atoms with E-state index in [-0.39, 0.29) is 18.0 Å². The molecule has 0 aromatic carbocycles. The number of amides is 1. The number of nitrogens with one attached hydrogen (secondary N) is 2. The zero-order chi connectivity index (χ0) is 11.7. The Balaban J connectivity index is 3.74. The molecule has 0 aliphatic heterocycles. The Morgan fingerprint density at radius 1 is 1.53 bits per heavy atom. The topological polar surface area (TPSA) is 50.4 Å². The fraction of sp³-hybridized carbons (Fsp3) is 0.727. The van der Waals surface area contributed by atoms with Gasteiger partial charge in [0.25, 0.3) is 0 Å². The summed E-state index contributed by atoms with van der Waals surface area (Å²) >= 11 is 0. The molecule has 0 saturated carbocycles. The van der Waals surface area contributed by atoms with Crippen LogP contribution in [0.5, 0.6) is 0 Å². The minimum atomic E-state index is -0.231. The van der Waals surface area contributed by atoms with Gasteiger partial charge in [-0.05, 0) is 13.8 Å². The second-order valence-electron chi connectivity index (χ2n) is 3.48. The van der Waals surface area contributed by atoms with E-state index in [1.54, 1.807) is 7.11 Å². The summed E-state index contributed by atoms with van der Waals surface area (Å²) in [5.41, 5.74) is 0. The SMILES string of the molecule is C#CCC(C)NC(C)C(=O)NCCOC.